The number of fused-ring (bicyclic) bond motifs is 1. The van der Waals surface area contributed by atoms with Crippen molar-refractivity contribution in [1.29, 1.82) is 0 Å². The molecule has 0 bridgehead atoms. The van der Waals surface area contributed by atoms with Crippen molar-refractivity contribution in [2.45, 2.75) is 19.4 Å². The zero-order valence-electron chi connectivity index (χ0n) is 16.0. The summed E-state index contributed by atoms with van der Waals surface area (Å²) in [5.41, 5.74) is 1.91. The third-order valence-corrected chi connectivity index (χ3v) is 6.41. The van der Waals surface area contributed by atoms with E-state index in [0.717, 1.165) is 21.3 Å². The minimum absolute atomic E-state index is 0.161. The molecule has 0 radical (unpaired) electrons. The third-order valence-electron chi connectivity index (χ3n) is 4.76. The number of rotatable bonds is 4. The minimum atomic E-state index is -0.478. The van der Waals surface area contributed by atoms with Gasteiger partial charge in [0.1, 0.15) is 11.6 Å². The van der Waals surface area contributed by atoms with Gasteiger partial charge in [0.15, 0.2) is 0 Å². The molecule has 5 nitrogen and oxygen atoms in total. The standard InChI is InChI=1S/C22H18BrFN2O3S/c1-12-9-19(26-21(27)13-3-2-4-15(24)10-13)30-20(12)22(28)25-17-7-8-29-18-6-5-14(23)11-16(17)18/h2-6,9-11,17H,7-8H2,1H3,(H,25,28)(H,26,27). The maximum absolute atomic E-state index is 13.4. The molecule has 3 aromatic rings. The highest BCUT2D eigenvalue weighted by Crippen LogP contribution is 2.35. The van der Waals surface area contributed by atoms with E-state index >= 15 is 0 Å². The van der Waals surface area contributed by atoms with Gasteiger partial charge in [-0.1, -0.05) is 22.0 Å². The van der Waals surface area contributed by atoms with Crippen molar-refractivity contribution in [3.63, 3.8) is 0 Å². The molecule has 2 aromatic carbocycles. The van der Waals surface area contributed by atoms with Gasteiger partial charge in [0.05, 0.1) is 22.5 Å². The first-order chi connectivity index (χ1) is 14.4. The van der Waals surface area contributed by atoms with Crippen LogP contribution < -0.4 is 15.4 Å². The lowest BCUT2D eigenvalue weighted by Crippen LogP contribution is -2.32. The Balaban J connectivity index is 1.49. The van der Waals surface area contributed by atoms with E-state index in [0.29, 0.717) is 22.9 Å². The number of aryl methyl sites for hydroxylation is 1. The predicted octanol–water partition coefficient (Wildman–Crippen LogP) is 5.46. The molecule has 2 amide bonds. The van der Waals surface area contributed by atoms with Gasteiger partial charge in [0.2, 0.25) is 0 Å². The van der Waals surface area contributed by atoms with Gasteiger partial charge in [-0.15, -0.1) is 11.3 Å². The molecule has 0 saturated carbocycles. The van der Waals surface area contributed by atoms with Crippen LogP contribution in [0.25, 0.3) is 0 Å². The normalized spacial score (nSPS) is 15.1. The van der Waals surface area contributed by atoms with Crippen LogP contribution in [-0.4, -0.2) is 18.4 Å². The Kier molecular flexibility index (Phi) is 5.87. The van der Waals surface area contributed by atoms with Crippen molar-refractivity contribution < 1.29 is 18.7 Å². The average molecular weight is 489 g/mol. The van der Waals surface area contributed by atoms with E-state index in [2.05, 4.69) is 26.6 Å². The van der Waals surface area contributed by atoms with Gasteiger partial charge >= 0.3 is 0 Å². The van der Waals surface area contributed by atoms with Crippen LogP contribution in [0.3, 0.4) is 0 Å². The van der Waals surface area contributed by atoms with Crippen molar-refractivity contribution in [3.8, 4) is 5.75 Å². The van der Waals surface area contributed by atoms with Gasteiger partial charge in [-0.25, -0.2) is 4.39 Å². The van der Waals surface area contributed by atoms with Crippen LogP contribution in [0.15, 0.2) is 53.0 Å². The fourth-order valence-corrected chi connectivity index (χ4v) is 4.67. The quantitative estimate of drug-likeness (QED) is 0.511. The Bertz CT molecular complexity index is 1130. The molecule has 30 heavy (non-hydrogen) atoms. The molecule has 1 aromatic heterocycles. The number of thiophene rings is 1. The van der Waals surface area contributed by atoms with Crippen LogP contribution in [0, 0.1) is 12.7 Å². The summed E-state index contributed by atoms with van der Waals surface area (Å²) < 4.78 is 19.9. The molecule has 2 N–H and O–H groups in total. The second kappa shape index (κ2) is 8.57. The molecule has 0 fully saturated rings. The monoisotopic (exact) mass is 488 g/mol. The SMILES string of the molecule is Cc1cc(NC(=O)c2cccc(F)c2)sc1C(=O)NC1CCOc2ccc(Br)cc21. The highest BCUT2D eigenvalue weighted by Gasteiger charge is 2.25. The van der Waals surface area contributed by atoms with Gasteiger partial charge in [-0.3, -0.25) is 9.59 Å². The topological polar surface area (TPSA) is 67.4 Å². The molecule has 2 heterocycles. The molecule has 8 heteroatoms. The largest absolute Gasteiger partial charge is 0.493 e. The highest BCUT2D eigenvalue weighted by atomic mass is 79.9. The molecule has 4 rings (SSSR count). The van der Waals surface area contributed by atoms with Crippen molar-refractivity contribution in [3.05, 3.63) is 80.4 Å². The minimum Gasteiger partial charge on any atom is -0.493 e. The Morgan fingerprint density at radius 2 is 2.00 bits per heavy atom. The van der Waals surface area contributed by atoms with Crippen molar-refractivity contribution >= 4 is 44.1 Å². The average Bonchev–Trinajstić information content (AvgIpc) is 3.08. The highest BCUT2D eigenvalue weighted by molar-refractivity contribution is 9.10. The van der Waals surface area contributed by atoms with E-state index in [4.69, 9.17) is 4.74 Å². The summed E-state index contributed by atoms with van der Waals surface area (Å²) in [5, 5.41) is 6.34. The molecule has 1 atom stereocenters. The number of ether oxygens (including phenoxy) is 1. The number of hydrogen-bond acceptors (Lipinski definition) is 4. The van der Waals surface area contributed by atoms with E-state index in [1.54, 1.807) is 6.07 Å². The summed E-state index contributed by atoms with van der Waals surface area (Å²) in [7, 11) is 0. The Morgan fingerprint density at radius 1 is 1.17 bits per heavy atom. The number of amides is 2. The van der Waals surface area contributed by atoms with E-state index < -0.39 is 11.7 Å². The van der Waals surface area contributed by atoms with Crippen LogP contribution in [-0.2, 0) is 0 Å². The summed E-state index contributed by atoms with van der Waals surface area (Å²) in [4.78, 5) is 25.8. The fourth-order valence-electron chi connectivity index (χ4n) is 3.32. The van der Waals surface area contributed by atoms with E-state index in [9.17, 15) is 14.0 Å². The molecule has 0 spiro atoms. The zero-order valence-corrected chi connectivity index (χ0v) is 18.4. The van der Waals surface area contributed by atoms with Crippen LogP contribution in [0.5, 0.6) is 5.75 Å². The number of nitrogens with one attached hydrogen (secondary N) is 2. The van der Waals surface area contributed by atoms with Crippen molar-refractivity contribution in [2.75, 3.05) is 11.9 Å². The lowest BCUT2D eigenvalue weighted by Gasteiger charge is -2.26. The first-order valence-corrected chi connectivity index (χ1v) is 10.9. The lowest BCUT2D eigenvalue weighted by atomic mass is 10.0. The third kappa shape index (κ3) is 4.39. The smallest absolute Gasteiger partial charge is 0.262 e. The number of hydrogen-bond donors (Lipinski definition) is 2. The number of halogens is 2. The molecular weight excluding hydrogens is 471 g/mol. The number of anilines is 1. The number of benzene rings is 2. The van der Waals surface area contributed by atoms with Crippen LogP contribution in [0.4, 0.5) is 9.39 Å². The Labute approximate surface area is 185 Å². The van der Waals surface area contributed by atoms with Gasteiger partial charge in [-0.05, 0) is 55.0 Å². The van der Waals surface area contributed by atoms with E-state index in [1.165, 1.54) is 35.6 Å². The van der Waals surface area contributed by atoms with Gasteiger partial charge in [0, 0.05) is 22.0 Å². The maximum Gasteiger partial charge on any atom is 0.262 e. The van der Waals surface area contributed by atoms with E-state index in [-0.39, 0.29) is 17.5 Å². The fraction of sp³-hybridized carbons (Fsp3) is 0.182. The Morgan fingerprint density at radius 3 is 2.80 bits per heavy atom. The first kappa shape index (κ1) is 20.6. The van der Waals surface area contributed by atoms with Crippen LogP contribution in [0.2, 0.25) is 0 Å². The molecule has 1 aliphatic rings. The maximum atomic E-state index is 13.4. The van der Waals surface area contributed by atoms with Crippen LogP contribution in [0.1, 0.15) is 43.6 Å². The van der Waals surface area contributed by atoms with Gasteiger partial charge in [-0.2, -0.15) is 0 Å². The van der Waals surface area contributed by atoms with Gasteiger partial charge in [0.25, 0.3) is 11.8 Å². The second-order valence-electron chi connectivity index (χ2n) is 6.93. The van der Waals surface area contributed by atoms with Crippen molar-refractivity contribution in [1.82, 2.24) is 5.32 Å². The Hall–Kier alpha value is -2.71. The number of carbonyl (C=O) groups is 2. The molecule has 0 saturated heterocycles. The second-order valence-corrected chi connectivity index (χ2v) is 8.90. The summed E-state index contributed by atoms with van der Waals surface area (Å²) >= 11 is 4.65. The molecular formula is C22H18BrFN2O3S. The molecule has 154 valence electrons. The van der Waals surface area contributed by atoms with Gasteiger partial charge < -0.3 is 15.4 Å². The summed E-state index contributed by atoms with van der Waals surface area (Å²) in [6, 6.07) is 12.8. The van der Waals surface area contributed by atoms with Crippen molar-refractivity contribution in [2.24, 2.45) is 0 Å². The lowest BCUT2D eigenvalue weighted by molar-refractivity contribution is 0.0927. The molecule has 0 aliphatic carbocycles. The first-order valence-electron chi connectivity index (χ1n) is 9.31. The summed E-state index contributed by atoms with van der Waals surface area (Å²) in [6.07, 6.45) is 0.669. The predicted molar refractivity (Wildman–Crippen MR) is 118 cm³/mol. The summed E-state index contributed by atoms with van der Waals surface area (Å²) in [6.45, 7) is 2.34. The van der Waals surface area contributed by atoms with Crippen LogP contribution >= 0.6 is 27.3 Å². The summed E-state index contributed by atoms with van der Waals surface area (Å²) in [5.74, 6) is -0.346. The van der Waals surface area contributed by atoms with E-state index in [1.807, 2.05) is 25.1 Å². The molecule has 1 aliphatic heterocycles. The number of carbonyl (C=O) groups excluding carboxylic acids is 2. The molecule has 1 unspecified atom stereocenters. The zero-order chi connectivity index (χ0) is 21.3.